The highest BCUT2D eigenvalue weighted by molar-refractivity contribution is 5.97. The minimum absolute atomic E-state index is 0.0644. The van der Waals surface area contributed by atoms with Crippen molar-refractivity contribution in [2.24, 2.45) is 7.05 Å². The number of nitrogens with zero attached hydrogens (tertiary/aromatic N) is 5. The second-order valence-corrected chi connectivity index (χ2v) is 10.0. The predicted octanol–water partition coefficient (Wildman–Crippen LogP) is 4.58. The molecule has 1 amide bonds. The Morgan fingerprint density at radius 3 is 2.64 bits per heavy atom. The molecule has 0 radical (unpaired) electrons. The fraction of sp³-hybridized carbons (Fsp3) is 0.345. The van der Waals surface area contributed by atoms with Crippen molar-refractivity contribution >= 4 is 22.5 Å². The Hall–Kier alpha value is -3.71. The number of anilines is 1. The molecule has 0 spiro atoms. The summed E-state index contributed by atoms with van der Waals surface area (Å²) in [5.74, 6) is -0.0644. The Bertz CT molecular complexity index is 1410. The van der Waals surface area contributed by atoms with Gasteiger partial charge in [-0.2, -0.15) is 5.10 Å². The number of pyridine rings is 1. The summed E-state index contributed by atoms with van der Waals surface area (Å²) < 4.78 is 1.77. The fourth-order valence-corrected chi connectivity index (χ4v) is 5.04. The van der Waals surface area contributed by atoms with E-state index in [1.54, 1.807) is 4.68 Å². The van der Waals surface area contributed by atoms with E-state index in [2.05, 4.69) is 52.5 Å². The minimum atomic E-state index is -0.208. The van der Waals surface area contributed by atoms with Crippen LogP contribution in [0.25, 0.3) is 22.3 Å². The van der Waals surface area contributed by atoms with E-state index in [-0.39, 0.29) is 11.9 Å². The Labute approximate surface area is 212 Å². The highest BCUT2D eigenvalue weighted by atomic mass is 16.1. The average Bonchev–Trinajstić information content (AvgIpc) is 3.53. The Morgan fingerprint density at radius 1 is 1.11 bits per heavy atom. The van der Waals surface area contributed by atoms with Crippen molar-refractivity contribution in [3.63, 3.8) is 0 Å². The molecule has 4 aromatic rings. The molecule has 1 saturated heterocycles. The number of aryl methyl sites for hydroxylation is 2. The zero-order valence-corrected chi connectivity index (χ0v) is 21.7. The molecule has 1 aliphatic rings. The third kappa shape index (κ3) is 4.71. The van der Waals surface area contributed by atoms with E-state index in [4.69, 9.17) is 4.98 Å². The maximum Gasteiger partial charge on any atom is 0.252 e. The van der Waals surface area contributed by atoms with Crippen LogP contribution in [0.4, 0.5) is 5.69 Å². The molecule has 7 nitrogen and oxygen atoms in total. The van der Waals surface area contributed by atoms with Gasteiger partial charge >= 0.3 is 0 Å². The lowest BCUT2D eigenvalue weighted by Crippen LogP contribution is -2.31. The van der Waals surface area contributed by atoms with Crippen molar-refractivity contribution < 1.29 is 4.79 Å². The molecule has 0 unspecified atom stereocenters. The number of likely N-dealkylation sites (N-methyl/N-ethyl adjacent to an activating group) is 1. The molecule has 2 aromatic heterocycles. The first-order chi connectivity index (χ1) is 17.3. The van der Waals surface area contributed by atoms with E-state index < -0.39 is 0 Å². The van der Waals surface area contributed by atoms with Gasteiger partial charge in [0.05, 0.1) is 17.3 Å². The number of aromatic nitrogens is 3. The molecule has 36 heavy (non-hydrogen) atoms. The lowest BCUT2D eigenvalue weighted by Gasteiger charge is -2.23. The summed E-state index contributed by atoms with van der Waals surface area (Å²) in [6, 6.07) is 18.6. The second kappa shape index (κ2) is 9.74. The first-order valence-electron chi connectivity index (χ1n) is 12.5. The number of nitrogens with one attached hydrogen (secondary N) is 1. The van der Waals surface area contributed by atoms with Crippen LogP contribution in [0, 0.1) is 6.92 Å². The molecule has 5 rings (SSSR count). The van der Waals surface area contributed by atoms with Crippen molar-refractivity contribution in [1.82, 2.24) is 25.0 Å². The van der Waals surface area contributed by atoms with E-state index >= 15 is 0 Å². The Balaban J connectivity index is 1.43. The van der Waals surface area contributed by atoms with Gasteiger partial charge < -0.3 is 15.1 Å². The van der Waals surface area contributed by atoms with Gasteiger partial charge in [-0.3, -0.25) is 9.48 Å². The van der Waals surface area contributed by atoms with Crippen LogP contribution < -0.4 is 10.2 Å². The van der Waals surface area contributed by atoms with Crippen LogP contribution in [-0.4, -0.2) is 58.8 Å². The van der Waals surface area contributed by atoms with Crippen molar-refractivity contribution in [1.29, 1.82) is 0 Å². The predicted molar refractivity (Wildman–Crippen MR) is 145 cm³/mol. The first kappa shape index (κ1) is 24.0. The molecule has 1 fully saturated rings. The molecule has 7 heteroatoms. The summed E-state index contributed by atoms with van der Waals surface area (Å²) in [5.41, 5.74) is 6.32. The van der Waals surface area contributed by atoms with Gasteiger partial charge in [-0.25, -0.2) is 4.98 Å². The Morgan fingerprint density at radius 2 is 1.92 bits per heavy atom. The maximum atomic E-state index is 13.5. The number of rotatable bonds is 6. The summed E-state index contributed by atoms with van der Waals surface area (Å²) in [5, 5.41) is 8.82. The van der Waals surface area contributed by atoms with Crippen LogP contribution in [0.15, 0.2) is 60.8 Å². The quantitative estimate of drug-likeness (QED) is 0.436. The van der Waals surface area contributed by atoms with Gasteiger partial charge in [0.15, 0.2) is 0 Å². The van der Waals surface area contributed by atoms with Crippen LogP contribution in [0.2, 0.25) is 0 Å². The van der Waals surface area contributed by atoms with Gasteiger partial charge in [0.25, 0.3) is 5.91 Å². The van der Waals surface area contributed by atoms with E-state index in [1.165, 1.54) is 0 Å². The van der Waals surface area contributed by atoms with Crippen LogP contribution in [0.1, 0.15) is 40.9 Å². The van der Waals surface area contributed by atoms with Gasteiger partial charge in [0, 0.05) is 49.0 Å². The highest BCUT2D eigenvalue weighted by Crippen LogP contribution is 2.29. The van der Waals surface area contributed by atoms with Crippen LogP contribution in [0.5, 0.6) is 0 Å². The summed E-state index contributed by atoms with van der Waals surface area (Å²) >= 11 is 0. The third-order valence-corrected chi connectivity index (χ3v) is 7.26. The maximum absolute atomic E-state index is 13.5. The molecule has 3 heterocycles. The standard InChI is InChI=1S/C29H34N6O/c1-19-10-11-21(35-15-12-22(18-35)33(3)4)16-24(19)29(36)30-20(2)25-17-28(27-13-14-34(5)32-27)31-26-9-7-6-8-23(25)26/h6-11,13-14,16-17,20,22H,12,15,18H2,1-5H3,(H,30,36)/t20-,22-/m1/s1. The zero-order chi connectivity index (χ0) is 25.4. The van der Waals surface area contributed by atoms with Gasteiger partial charge in [-0.1, -0.05) is 24.3 Å². The SMILES string of the molecule is Cc1ccc(N2CC[C@@H](N(C)C)C2)cc1C(=O)N[C@H](C)c1cc(-c2ccn(C)n2)nc2ccccc12. The molecule has 0 aliphatic carbocycles. The average molecular weight is 483 g/mol. The lowest BCUT2D eigenvalue weighted by atomic mass is 10.00. The zero-order valence-electron chi connectivity index (χ0n) is 21.7. The first-order valence-corrected chi connectivity index (χ1v) is 12.5. The van der Waals surface area contributed by atoms with Crippen molar-refractivity contribution in [3.8, 4) is 11.4 Å². The number of hydrogen-bond donors (Lipinski definition) is 1. The van der Waals surface area contributed by atoms with Gasteiger partial charge in [0.2, 0.25) is 0 Å². The molecule has 2 aromatic carbocycles. The van der Waals surface area contributed by atoms with E-state index in [0.717, 1.165) is 64.2 Å². The number of fused-ring (bicyclic) bond motifs is 1. The second-order valence-electron chi connectivity index (χ2n) is 10.0. The van der Waals surface area contributed by atoms with E-state index in [0.29, 0.717) is 6.04 Å². The molecule has 0 bridgehead atoms. The topological polar surface area (TPSA) is 66.3 Å². The molecule has 2 atom stereocenters. The van der Waals surface area contributed by atoms with Gasteiger partial charge in [-0.05, 0) is 75.8 Å². The largest absolute Gasteiger partial charge is 0.370 e. The van der Waals surface area contributed by atoms with Crippen LogP contribution >= 0.6 is 0 Å². The number of amides is 1. The van der Waals surface area contributed by atoms with E-state index in [9.17, 15) is 4.79 Å². The summed E-state index contributed by atoms with van der Waals surface area (Å²) in [6.45, 7) is 6.01. The van der Waals surface area contributed by atoms with Crippen molar-refractivity contribution in [3.05, 3.63) is 77.5 Å². The smallest absolute Gasteiger partial charge is 0.252 e. The van der Waals surface area contributed by atoms with Crippen LogP contribution in [-0.2, 0) is 7.05 Å². The highest BCUT2D eigenvalue weighted by Gasteiger charge is 2.25. The summed E-state index contributed by atoms with van der Waals surface area (Å²) in [4.78, 5) is 23.0. The van der Waals surface area contributed by atoms with E-state index in [1.807, 2.05) is 63.5 Å². The molecule has 0 saturated carbocycles. The third-order valence-electron chi connectivity index (χ3n) is 7.26. The minimum Gasteiger partial charge on any atom is -0.370 e. The molecular formula is C29H34N6O. The number of para-hydroxylation sites is 1. The van der Waals surface area contributed by atoms with Crippen molar-refractivity contribution in [2.45, 2.75) is 32.4 Å². The number of benzene rings is 2. The van der Waals surface area contributed by atoms with Gasteiger partial charge in [0.1, 0.15) is 5.69 Å². The molecular weight excluding hydrogens is 448 g/mol. The Kier molecular flexibility index (Phi) is 6.49. The number of hydrogen-bond acceptors (Lipinski definition) is 5. The fourth-order valence-electron chi connectivity index (χ4n) is 5.04. The normalized spacial score (nSPS) is 16.6. The monoisotopic (exact) mass is 482 g/mol. The molecule has 1 N–H and O–H groups in total. The lowest BCUT2D eigenvalue weighted by molar-refractivity contribution is 0.0939. The van der Waals surface area contributed by atoms with Crippen LogP contribution in [0.3, 0.4) is 0 Å². The number of carbonyl (C=O) groups excluding carboxylic acids is 1. The molecule has 186 valence electrons. The number of carbonyl (C=O) groups is 1. The van der Waals surface area contributed by atoms with Gasteiger partial charge in [-0.15, -0.1) is 0 Å². The molecule has 1 aliphatic heterocycles. The van der Waals surface area contributed by atoms with Crippen molar-refractivity contribution in [2.75, 3.05) is 32.1 Å². The summed E-state index contributed by atoms with van der Waals surface area (Å²) in [7, 11) is 6.16. The summed E-state index contributed by atoms with van der Waals surface area (Å²) in [6.07, 6.45) is 3.04.